The van der Waals surface area contributed by atoms with Crippen LogP contribution in [0, 0.1) is 6.92 Å². The van der Waals surface area contributed by atoms with E-state index >= 15 is 0 Å². The molecule has 2 aromatic heterocycles. The van der Waals surface area contributed by atoms with Crippen LogP contribution < -0.4 is 5.32 Å². The second-order valence-corrected chi connectivity index (χ2v) is 8.09. The first-order chi connectivity index (χ1) is 12.6. The molecule has 7 heteroatoms. The summed E-state index contributed by atoms with van der Waals surface area (Å²) in [6, 6.07) is 13.6. The predicted octanol–water partition coefficient (Wildman–Crippen LogP) is 5.56. The fourth-order valence-corrected chi connectivity index (χ4v) is 4.71. The van der Waals surface area contributed by atoms with Crippen LogP contribution in [0.3, 0.4) is 0 Å². The molecule has 4 nitrogen and oxygen atoms in total. The van der Waals surface area contributed by atoms with Gasteiger partial charge in [-0.15, -0.1) is 11.3 Å². The van der Waals surface area contributed by atoms with Gasteiger partial charge in [-0.2, -0.15) is 0 Å². The standard InChI is InChI=1S/C19H14ClN3OS2/c1-11-5-4-8-15-17(11)23-19(26-15)22-16(24)9-12-10-25-18(21-12)13-6-2-3-7-14(13)20/h2-8,10H,9H2,1H3,(H,22,23,24). The zero-order valence-corrected chi connectivity index (χ0v) is 16.2. The Kier molecular flexibility index (Phi) is 4.72. The zero-order chi connectivity index (χ0) is 18.1. The molecule has 0 bridgehead atoms. The number of benzene rings is 2. The largest absolute Gasteiger partial charge is 0.302 e. The Morgan fingerprint density at radius 3 is 2.81 bits per heavy atom. The fourth-order valence-electron chi connectivity index (χ4n) is 2.61. The molecule has 0 spiro atoms. The molecule has 0 saturated heterocycles. The maximum Gasteiger partial charge on any atom is 0.232 e. The number of hydrogen-bond donors (Lipinski definition) is 1. The summed E-state index contributed by atoms with van der Waals surface area (Å²) in [6.45, 7) is 2.01. The van der Waals surface area contributed by atoms with E-state index < -0.39 is 0 Å². The third-order valence-corrected chi connectivity index (χ3v) is 6.05. The summed E-state index contributed by atoms with van der Waals surface area (Å²) in [5.74, 6) is -0.127. The smallest absolute Gasteiger partial charge is 0.232 e. The van der Waals surface area contributed by atoms with Crippen molar-refractivity contribution in [2.45, 2.75) is 13.3 Å². The minimum absolute atomic E-state index is 0.127. The van der Waals surface area contributed by atoms with Gasteiger partial charge in [0.05, 0.1) is 27.4 Å². The molecule has 2 heterocycles. The van der Waals surface area contributed by atoms with Gasteiger partial charge >= 0.3 is 0 Å². The summed E-state index contributed by atoms with van der Waals surface area (Å²) in [6.07, 6.45) is 0.204. The average Bonchev–Trinajstić information content (AvgIpc) is 3.22. The normalized spacial score (nSPS) is 11.0. The highest BCUT2D eigenvalue weighted by Gasteiger charge is 2.13. The van der Waals surface area contributed by atoms with Gasteiger partial charge in [0.25, 0.3) is 0 Å². The van der Waals surface area contributed by atoms with Gasteiger partial charge in [-0.1, -0.05) is 53.3 Å². The number of nitrogens with one attached hydrogen (secondary N) is 1. The van der Waals surface area contributed by atoms with E-state index in [1.807, 2.05) is 54.8 Å². The predicted molar refractivity (Wildman–Crippen MR) is 109 cm³/mol. The van der Waals surface area contributed by atoms with E-state index in [1.165, 1.54) is 22.7 Å². The highest BCUT2D eigenvalue weighted by molar-refractivity contribution is 7.22. The first-order valence-electron chi connectivity index (χ1n) is 7.95. The Morgan fingerprint density at radius 2 is 2.00 bits per heavy atom. The molecule has 1 amide bonds. The number of carbonyl (C=O) groups excluding carboxylic acids is 1. The lowest BCUT2D eigenvalue weighted by Gasteiger charge is -2.00. The van der Waals surface area contributed by atoms with Gasteiger partial charge in [-0.3, -0.25) is 4.79 Å². The van der Waals surface area contributed by atoms with Crippen molar-refractivity contribution in [1.82, 2.24) is 9.97 Å². The molecule has 0 fully saturated rings. The van der Waals surface area contributed by atoms with E-state index in [1.54, 1.807) is 0 Å². The minimum Gasteiger partial charge on any atom is -0.302 e. The Labute approximate surface area is 163 Å². The Hall–Kier alpha value is -2.28. The van der Waals surface area contributed by atoms with Crippen LogP contribution in [0.1, 0.15) is 11.3 Å². The molecular formula is C19H14ClN3OS2. The van der Waals surface area contributed by atoms with Crippen LogP contribution in [0.25, 0.3) is 20.8 Å². The van der Waals surface area contributed by atoms with Gasteiger partial charge < -0.3 is 5.32 Å². The van der Waals surface area contributed by atoms with Crippen molar-refractivity contribution < 1.29 is 4.79 Å². The van der Waals surface area contributed by atoms with E-state index in [4.69, 9.17) is 11.6 Å². The van der Waals surface area contributed by atoms with Crippen LogP contribution >= 0.6 is 34.3 Å². The van der Waals surface area contributed by atoms with Gasteiger partial charge in [0.15, 0.2) is 5.13 Å². The third kappa shape index (κ3) is 3.49. The number of rotatable bonds is 4. The summed E-state index contributed by atoms with van der Waals surface area (Å²) < 4.78 is 1.06. The lowest BCUT2D eigenvalue weighted by atomic mass is 10.2. The number of aromatic nitrogens is 2. The minimum atomic E-state index is -0.127. The van der Waals surface area contributed by atoms with Crippen molar-refractivity contribution in [3.05, 3.63) is 64.1 Å². The van der Waals surface area contributed by atoms with E-state index in [0.717, 1.165) is 32.0 Å². The highest BCUT2D eigenvalue weighted by Crippen LogP contribution is 2.31. The van der Waals surface area contributed by atoms with Crippen LogP contribution in [0.4, 0.5) is 5.13 Å². The first-order valence-corrected chi connectivity index (χ1v) is 10.0. The van der Waals surface area contributed by atoms with Crippen molar-refractivity contribution >= 4 is 55.5 Å². The molecule has 0 radical (unpaired) electrons. The van der Waals surface area contributed by atoms with Gasteiger partial charge in [0.1, 0.15) is 5.01 Å². The van der Waals surface area contributed by atoms with Crippen molar-refractivity contribution in [3.8, 4) is 10.6 Å². The first kappa shape index (κ1) is 17.1. The molecule has 1 N–H and O–H groups in total. The number of hydrogen-bond acceptors (Lipinski definition) is 5. The van der Waals surface area contributed by atoms with Crippen molar-refractivity contribution in [2.24, 2.45) is 0 Å². The van der Waals surface area contributed by atoms with Gasteiger partial charge in [-0.25, -0.2) is 9.97 Å². The van der Waals surface area contributed by atoms with E-state index in [0.29, 0.717) is 10.2 Å². The maximum atomic E-state index is 12.4. The van der Waals surface area contributed by atoms with E-state index in [9.17, 15) is 4.79 Å². The van der Waals surface area contributed by atoms with Crippen LogP contribution in [0.2, 0.25) is 5.02 Å². The molecule has 0 atom stereocenters. The monoisotopic (exact) mass is 399 g/mol. The molecule has 0 aliphatic rings. The summed E-state index contributed by atoms with van der Waals surface area (Å²) in [5.41, 5.74) is 3.64. The summed E-state index contributed by atoms with van der Waals surface area (Å²) in [7, 11) is 0. The highest BCUT2D eigenvalue weighted by atomic mass is 35.5. The quantitative estimate of drug-likeness (QED) is 0.488. The van der Waals surface area contributed by atoms with Crippen molar-refractivity contribution in [3.63, 3.8) is 0 Å². The molecule has 130 valence electrons. The summed E-state index contributed by atoms with van der Waals surface area (Å²) in [4.78, 5) is 21.4. The molecule has 0 saturated carbocycles. The number of halogens is 1. The number of anilines is 1. The second kappa shape index (κ2) is 7.15. The Balaban J connectivity index is 1.48. The van der Waals surface area contributed by atoms with Crippen LogP contribution in [0.15, 0.2) is 47.8 Å². The number of aryl methyl sites for hydroxylation is 1. The maximum absolute atomic E-state index is 12.4. The Morgan fingerprint density at radius 1 is 1.15 bits per heavy atom. The second-order valence-electron chi connectivity index (χ2n) is 5.79. The molecule has 4 rings (SSSR count). The number of para-hydroxylation sites is 1. The fraction of sp³-hybridized carbons (Fsp3) is 0.105. The van der Waals surface area contributed by atoms with Crippen LogP contribution in [-0.2, 0) is 11.2 Å². The lowest BCUT2D eigenvalue weighted by Crippen LogP contribution is -2.14. The van der Waals surface area contributed by atoms with Gasteiger partial charge in [-0.05, 0) is 24.6 Å². The molecule has 0 aliphatic heterocycles. The van der Waals surface area contributed by atoms with Gasteiger partial charge in [0, 0.05) is 10.9 Å². The molecule has 2 aromatic carbocycles. The molecule has 4 aromatic rings. The number of fused-ring (bicyclic) bond motifs is 1. The number of carbonyl (C=O) groups is 1. The molecule has 0 aliphatic carbocycles. The SMILES string of the molecule is Cc1cccc2sc(NC(=O)Cc3csc(-c4ccccc4Cl)n3)nc12. The lowest BCUT2D eigenvalue weighted by molar-refractivity contribution is -0.115. The van der Waals surface area contributed by atoms with Crippen LogP contribution in [0.5, 0.6) is 0 Å². The topological polar surface area (TPSA) is 54.9 Å². The summed E-state index contributed by atoms with van der Waals surface area (Å²) >= 11 is 9.17. The molecule has 0 unspecified atom stereocenters. The molecule has 26 heavy (non-hydrogen) atoms. The van der Waals surface area contributed by atoms with Crippen molar-refractivity contribution in [2.75, 3.05) is 5.32 Å². The van der Waals surface area contributed by atoms with E-state index in [2.05, 4.69) is 15.3 Å². The summed E-state index contributed by atoms with van der Waals surface area (Å²) in [5, 5.41) is 6.85. The van der Waals surface area contributed by atoms with Gasteiger partial charge in [0.2, 0.25) is 5.91 Å². The number of amides is 1. The van der Waals surface area contributed by atoms with E-state index in [-0.39, 0.29) is 12.3 Å². The average molecular weight is 400 g/mol. The number of nitrogens with zero attached hydrogens (tertiary/aromatic N) is 2. The molecular weight excluding hydrogens is 386 g/mol. The Bertz CT molecular complexity index is 1100. The zero-order valence-electron chi connectivity index (χ0n) is 13.8. The number of thiazole rings is 2. The van der Waals surface area contributed by atoms with Crippen LogP contribution in [-0.4, -0.2) is 15.9 Å². The third-order valence-electron chi connectivity index (χ3n) is 3.86. The van der Waals surface area contributed by atoms with Crippen molar-refractivity contribution in [1.29, 1.82) is 0 Å².